The maximum Gasteiger partial charge on any atom is 0.255 e. The smallest absolute Gasteiger partial charge is 0.255 e. The van der Waals surface area contributed by atoms with E-state index in [0.29, 0.717) is 11.1 Å². The maximum atomic E-state index is 12.2. The lowest BCUT2D eigenvalue weighted by molar-refractivity contribution is 0.101. The van der Waals surface area contributed by atoms with Crippen LogP contribution in [0, 0.1) is 0 Å². The Kier molecular flexibility index (Phi) is 3.50. The van der Waals surface area contributed by atoms with Crippen molar-refractivity contribution in [3.63, 3.8) is 0 Å². The zero-order valence-electron chi connectivity index (χ0n) is 11.3. The third-order valence-electron chi connectivity index (χ3n) is 3.14. The average Bonchev–Trinajstić information content (AvgIpc) is 2.95. The average molecular weight is 296 g/mol. The number of amides is 1. The number of anilines is 1. The minimum absolute atomic E-state index is 0.0161. The molecule has 0 fully saturated rings. The molecule has 0 atom stereocenters. The van der Waals surface area contributed by atoms with E-state index in [1.807, 2.05) is 18.2 Å². The second-order valence-electron chi connectivity index (χ2n) is 4.62. The summed E-state index contributed by atoms with van der Waals surface area (Å²) in [6.45, 7) is 1.50. The Balaban J connectivity index is 1.80. The standard InChI is InChI=1S/C16H12N2O2S/c1-10(19)11-2-4-12(5-3-11)16(20)18-13-6-7-14-15(8-13)21-9-17-14/h2-9H,1H3,(H,18,20). The van der Waals surface area contributed by atoms with Crippen molar-refractivity contribution >= 4 is 38.9 Å². The molecule has 0 saturated carbocycles. The number of hydrogen-bond acceptors (Lipinski definition) is 4. The molecule has 0 spiro atoms. The van der Waals surface area contributed by atoms with Gasteiger partial charge in [0.05, 0.1) is 15.7 Å². The summed E-state index contributed by atoms with van der Waals surface area (Å²) < 4.78 is 1.03. The van der Waals surface area contributed by atoms with Gasteiger partial charge in [0.25, 0.3) is 5.91 Å². The van der Waals surface area contributed by atoms with Crippen LogP contribution in [-0.2, 0) is 0 Å². The zero-order valence-corrected chi connectivity index (χ0v) is 12.1. The van der Waals surface area contributed by atoms with Crippen molar-refractivity contribution in [2.75, 3.05) is 5.32 Å². The molecule has 0 aliphatic rings. The van der Waals surface area contributed by atoms with Crippen LogP contribution in [0.15, 0.2) is 48.0 Å². The molecule has 0 radical (unpaired) electrons. The molecule has 1 N–H and O–H groups in total. The lowest BCUT2D eigenvalue weighted by Gasteiger charge is -2.05. The highest BCUT2D eigenvalue weighted by Gasteiger charge is 2.08. The first-order valence-electron chi connectivity index (χ1n) is 6.39. The Labute approximate surface area is 125 Å². The number of carbonyl (C=O) groups is 2. The molecule has 0 aliphatic carbocycles. The van der Waals surface area contributed by atoms with Gasteiger partial charge in [-0.3, -0.25) is 9.59 Å². The second kappa shape index (κ2) is 5.46. The van der Waals surface area contributed by atoms with E-state index in [4.69, 9.17) is 0 Å². The Hall–Kier alpha value is -2.53. The van der Waals surface area contributed by atoms with Gasteiger partial charge in [-0.25, -0.2) is 4.98 Å². The van der Waals surface area contributed by atoms with Crippen molar-refractivity contribution in [2.24, 2.45) is 0 Å². The van der Waals surface area contributed by atoms with Gasteiger partial charge in [0.15, 0.2) is 5.78 Å². The van der Waals surface area contributed by atoms with Gasteiger partial charge in [0.2, 0.25) is 0 Å². The number of ketones is 1. The first-order valence-corrected chi connectivity index (χ1v) is 7.27. The SMILES string of the molecule is CC(=O)c1ccc(C(=O)Nc2ccc3ncsc3c2)cc1. The van der Waals surface area contributed by atoms with Gasteiger partial charge in [0.1, 0.15) is 0 Å². The van der Waals surface area contributed by atoms with E-state index in [2.05, 4.69) is 10.3 Å². The van der Waals surface area contributed by atoms with Crippen molar-refractivity contribution in [1.82, 2.24) is 4.98 Å². The van der Waals surface area contributed by atoms with Crippen LogP contribution in [0.2, 0.25) is 0 Å². The van der Waals surface area contributed by atoms with E-state index in [-0.39, 0.29) is 11.7 Å². The minimum atomic E-state index is -0.200. The van der Waals surface area contributed by atoms with Crippen LogP contribution in [0.4, 0.5) is 5.69 Å². The highest BCUT2D eigenvalue weighted by atomic mass is 32.1. The summed E-state index contributed by atoms with van der Waals surface area (Å²) in [5.74, 6) is -0.216. The fourth-order valence-corrected chi connectivity index (χ4v) is 2.71. The molecule has 5 heteroatoms. The Morgan fingerprint density at radius 1 is 1.05 bits per heavy atom. The molecule has 2 aromatic carbocycles. The van der Waals surface area contributed by atoms with Crippen LogP contribution in [-0.4, -0.2) is 16.7 Å². The van der Waals surface area contributed by atoms with Gasteiger partial charge in [-0.15, -0.1) is 11.3 Å². The van der Waals surface area contributed by atoms with E-state index in [9.17, 15) is 9.59 Å². The Bertz CT molecular complexity index is 822. The molecule has 0 bridgehead atoms. The van der Waals surface area contributed by atoms with Gasteiger partial charge in [-0.2, -0.15) is 0 Å². The summed E-state index contributed by atoms with van der Waals surface area (Å²) in [6, 6.07) is 12.2. The predicted octanol–water partition coefficient (Wildman–Crippen LogP) is 3.75. The molecular weight excluding hydrogens is 284 g/mol. The molecule has 3 aromatic rings. The number of Topliss-reactive ketones (excluding diaryl/α,β-unsaturated/α-hetero) is 1. The van der Waals surface area contributed by atoms with Crippen LogP contribution in [0.25, 0.3) is 10.2 Å². The largest absolute Gasteiger partial charge is 0.322 e. The summed E-state index contributed by atoms with van der Waals surface area (Å²) in [7, 11) is 0. The highest BCUT2D eigenvalue weighted by molar-refractivity contribution is 7.16. The predicted molar refractivity (Wildman–Crippen MR) is 84.0 cm³/mol. The fourth-order valence-electron chi connectivity index (χ4n) is 1.99. The number of benzene rings is 2. The molecule has 21 heavy (non-hydrogen) atoms. The molecular formula is C16H12N2O2S. The van der Waals surface area contributed by atoms with Crippen molar-refractivity contribution in [2.45, 2.75) is 6.92 Å². The van der Waals surface area contributed by atoms with Gasteiger partial charge in [0, 0.05) is 16.8 Å². The van der Waals surface area contributed by atoms with Gasteiger partial charge in [-0.1, -0.05) is 12.1 Å². The number of aromatic nitrogens is 1. The van der Waals surface area contributed by atoms with Crippen molar-refractivity contribution < 1.29 is 9.59 Å². The third-order valence-corrected chi connectivity index (χ3v) is 3.93. The maximum absolute atomic E-state index is 12.2. The summed E-state index contributed by atoms with van der Waals surface area (Å²) in [5.41, 5.74) is 4.54. The van der Waals surface area contributed by atoms with Crippen LogP contribution >= 0.6 is 11.3 Å². The summed E-state index contributed by atoms with van der Waals surface area (Å²) in [6.07, 6.45) is 0. The molecule has 0 aliphatic heterocycles. The Morgan fingerprint density at radius 3 is 2.48 bits per heavy atom. The van der Waals surface area contributed by atoms with E-state index >= 15 is 0 Å². The number of nitrogens with one attached hydrogen (secondary N) is 1. The number of hydrogen-bond donors (Lipinski definition) is 1. The first kappa shape index (κ1) is 13.5. The zero-order chi connectivity index (χ0) is 14.8. The number of thiazole rings is 1. The number of nitrogens with zero attached hydrogens (tertiary/aromatic N) is 1. The normalized spacial score (nSPS) is 10.5. The van der Waals surface area contributed by atoms with Crippen molar-refractivity contribution in [1.29, 1.82) is 0 Å². The lowest BCUT2D eigenvalue weighted by atomic mass is 10.1. The molecule has 3 rings (SSSR count). The molecule has 4 nitrogen and oxygen atoms in total. The molecule has 0 saturated heterocycles. The van der Waals surface area contributed by atoms with E-state index in [0.717, 1.165) is 15.9 Å². The number of carbonyl (C=O) groups excluding carboxylic acids is 2. The van der Waals surface area contributed by atoms with Crippen LogP contribution in [0.1, 0.15) is 27.6 Å². The van der Waals surface area contributed by atoms with E-state index in [1.165, 1.54) is 18.3 Å². The molecule has 1 amide bonds. The lowest BCUT2D eigenvalue weighted by Crippen LogP contribution is -2.11. The summed E-state index contributed by atoms with van der Waals surface area (Å²) >= 11 is 1.53. The summed E-state index contributed by atoms with van der Waals surface area (Å²) in [5, 5.41) is 2.84. The van der Waals surface area contributed by atoms with Crippen molar-refractivity contribution in [3.8, 4) is 0 Å². The van der Waals surface area contributed by atoms with Gasteiger partial charge >= 0.3 is 0 Å². The molecule has 104 valence electrons. The monoisotopic (exact) mass is 296 g/mol. The second-order valence-corrected chi connectivity index (χ2v) is 5.51. The van der Waals surface area contributed by atoms with Crippen molar-refractivity contribution in [3.05, 3.63) is 59.1 Å². The summed E-state index contributed by atoms with van der Waals surface area (Å²) in [4.78, 5) is 27.6. The third kappa shape index (κ3) is 2.83. The molecule has 0 unspecified atom stereocenters. The minimum Gasteiger partial charge on any atom is -0.322 e. The quantitative estimate of drug-likeness (QED) is 0.749. The molecule has 1 aromatic heterocycles. The number of fused-ring (bicyclic) bond motifs is 1. The van der Waals surface area contributed by atoms with Crippen LogP contribution in [0.5, 0.6) is 0 Å². The first-order chi connectivity index (χ1) is 10.1. The van der Waals surface area contributed by atoms with Gasteiger partial charge < -0.3 is 5.32 Å². The fraction of sp³-hybridized carbons (Fsp3) is 0.0625. The molecule has 1 heterocycles. The van der Waals surface area contributed by atoms with Crippen LogP contribution in [0.3, 0.4) is 0 Å². The topological polar surface area (TPSA) is 59.1 Å². The van der Waals surface area contributed by atoms with Crippen LogP contribution < -0.4 is 5.32 Å². The van der Waals surface area contributed by atoms with Gasteiger partial charge in [-0.05, 0) is 37.3 Å². The van der Waals surface area contributed by atoms with E-state index in [1.54, 1.807) is 29.8 Å². The Morgan fingerprint density at radius 2 is 1.76 bits per heavy atom. The number of rotatable bonds is 3. The highest BCUT2D eigenvalue weighted by Crippen LogP contribution is 2.22. The van der Waals surface area contributed by atoms with E-state index < -0.39 is 0 Å².